The third kappa shape index (κ3) is 5.46. The maximum atomic E-state index is 13.6. The quantitative estimate of drug-likeness (QED) is 0.481. The van der Waals surface area contributed by atoms with Gasteiger partial charge in [0.05, 0.1) is 25.7 Å². The molecule has 1 aromatic heterocycles. The number of ether oxygens (including phenoxy) is 1. The van der Waals surface area contributed by atoms with Crippen LogP contribution in [0.5, 0.6) is 5.75 Å². The van der Waals surface area contributed by atoms with E-state index in [4.69, 9.17) is 4.74 Å². The maximum Gasteiger partial charge on any atom is 0.511 e. The minimum atomic E-state index is -5.53. The van der Waals surface area contributed by atoms with Crippen LogP contribution in [0.1, 0.15) is 23.2 Å². The van der Waals surface area contributed by atoms with Crippen molar-refractivity contribution in [3.05, 3.63) is 77.9 Å². The highest BCUT2D eigenvalue weighted by Crippen LogP contribution is 2.37. The van der Waals surface area contributed by atoms with Crippen molar-refractivity contribution in [3.63, 3.8) is 0 Å². The van der Waals surface area contributed by atoms with Crippen LogP contribution in [0.3, 0.4) is 0 Å². The van der Waals surface area contributed by atoms with Crippen LogP contribution in [0.25, 0.3) is 0 Å². The second kappa shape index (κ2) is 9.90. The number of rotatable bonds is 7. The van der Waals surface area contributed by atoms with Gasteiger partial charge in [0.15, 0.2) is 0 Å². The van der Waals surface area contributed by atoms with E-state index in [1.807, 2.05) is 48.5 Å². The molecule has 1 aliphatic rings. The molecule has 188 valence electrons. The standard InChI is InChI=1S/C24H27F3N4O3S/c1-29-14-20(28-17-29)15-31-21(10-8-18-6-4-3-5-7-18)16-30(35(32,33)24(25,26)27)13-19-9-11-22(34-2)12-23(19)31/h3-7,9,11-12,14,17,21H,8,10,13,15-16H2,1-2H3/t21-/m0/s1. The summed E-state index contributed by atoms with van der Waals surface area (Å²) in [4.78, 5) is 6.35. The Morgan fingerprint density at radius 1 is 1.14 bits per heavy atom. The average molecular weight is 509 g/mol. The first-order chi connectivity index (χ1) is 16.6. The number of halogens is 3. The van der Waals surface area contributed by atoms with Gasteiger partial charge < -0.3 is 14.2 Å². The number of anilines is 1. The summed E-state index contributed by atoms with van der Waals surface area (Å²) in [5.41, 5.74) is -2.55. The SMILES string of the molecule is COc1ccc2c(c1)N(Cc1cn(C)cn1)[C@@H](CCc1ccccc1)CN(S(=O)(=O)C(F)(F)F)C2. The minimum absolute atomic E-state index is 0.306. The number of imidazole rings is 1. The van der Waals surface area contributed by atoms with Crippen molar-refractivity contribution in [3.8, 4) is 5.75 Å². The summed E-state index contributed by atoms with van der Waals surface area (Å²) in [5, 5.41) is 0. The molecule has 0 amide bonds. The van der Waals surface area contributed by atoms with Crippen LogP contribution in [0.2, 0.25) is 0 Å². The van der Waals surface area contributed by atoms with E-state index in [-0.39, 0.29) is 13.1 Å². The fourth-order valence-electron chi connectivity index (χ4n) is 4.35. The molecule has 1 atom stereocenters. The van der Waals surface area contributed by atoms with E-state index in [2.05, 4.69) is 4.98 Å². The molecule has 0 saturated heterocycles. The lowest BCUT2D eigenvalue weighted by molar-refractivity contribution is -0.0492. The summed E-state index contributed by atoms with van der Waals surface area (Å²) in [6.45, 7) is -0.388. The van der Waals surface area contributed by atoms with Gasteiger partial charge in [-0.25, -0.2) is 13.4 Å². The van der Waals surface area contributed by atoms with Crippen LogP contribution in [0.4, 0.5) is 18.9 Å². The van der Waals surface area contributed by atoms with Gasteiger partial charge in [0.2, 0.25) is 0 Å². The lowest BCUT2D eigenvalue weighted by Crippen LogP contribution is -2.47. The molecule has 0 saturated carbocycles. The zero-order valence-corrected chi connectivity index (χ0v) is 20.3. The van der Waals surface area contributed by atoms with Crippen molar-refractivity contribution in [2.75, 3.05) is 18.6 Å². The molecule has 4 rings (SSSR count). The minimum Gasteiger partial charge on any atom is -0.497 e. The highest BCUT2D eigenvalue weighted by molar-refractivity contribution is 7.89. The predicted molar refractivity (Wildman–Crippen MR) is 126 cm³/mol. The largest absolute Gasteiger partial charge is 0.511 e. The number of sulfonamides is 1. The summed E-state index contributed by atoms with van der Waals surface area (Å²) in [7, 11) is -2.19. The summed E-state index contributed by atoms with van der Waals surface area (Å²) in [6.07, 6.45) is 4.50. The Hall–Kier alpha value is -3.05. The Kier molecular flexibility index (Phi) is 7.09. The first kappa shape index (κ1) is 25.1. The van der Waals surface area contributed by atoms with E-state index >= 15 is 0 Å². The molecule has 35 heavy (non-hydrogen) atoms. The number of hydrogen-bond acceptors (Lipinski definition) is 5. The van der Waals surface area contributed by atoms with Gasteiger partial charge in [-0.3, -0.25) is 0 Å². The Balaban J connectivity index is 1.79. The van der Waals surface area contributed by atoms with Crippen molar-refractivity contribution in [1.82, 2.24) is 13.9 Å². The first-order valence-corrected chi connectivity index (χ1v) is 12.5. The number of benzene rings is 2. The summed E-state index contributed by atoms with van der Waals surface area (Å²) >= 11 is 0. The Bertz CT molecular complexity index is 1260. The van der Waals surface area contributed by atoms with Crippen LogP contribution in [0, 0.1) is 0 Å². The smallest absolute Gasteiger partial charge is 0.497 e. The molecular weight excluding hydrogens is 481 g/mol. The summed E-state index contributed by atoms with van der Waals surface area (Å²) in [6, 6.07) is 14.0. The number of alkyl halides is 3. The Labute approximate surface area is 202 Å². The lowest BCUT2D eigenvalue weighted by atomic mass is 10.0. The van der Waals surface area contributed by atoms with Gasteiger partial charge in [-0.1, -0.05) is 36.4 Å². The summed E-state index contributed by atoms with van der Waals surface area (Å²) < 4.78 is 73.5. The number of fused-ring (bicyclic) bond motifs is 1. The van der Waals surface area contributed by atoms with Crippen LogP contribution >= 0.6 is 0 Å². The fourth-order valence-corrected chi connectivity index (χ4v) is 5.32. The molecule has 0 unspecified atom stereocenters. The van der Waals surface area contributed by atoms with Crippen molar-refractivity contribution < 1.29 is 26.3 Å². The monoisotopic (exact) mass is 508 g/mol. The van der Waals surface area contributed by atoms with Crippen LogP contribution in [-0.4, -0.2) is 47.5 Å². The van der Waals surface area contributed by atoms with Crippen molar-refractivity contribution in [2.45, 2.75) is 37.5 Å². The number of methoxy groups -OCH3 is 1. The van der Waals surface area contributed by atoms with E-state index in [1.165, 1.54) is 7.11 Å². The van der Waals surface area contributed by atoms with Crippen LogP contribution in [0.15, 0.2) is 61.1 Å². The lowest BCUT2D eigenvalue weighted by Gasteiger charge is -2.34. The topological polar surface area (TPSA) is 67.7 Å². The molecule has 0 fully saturated rings. The highest BCUT2D eigenvalue weighted by Gasteiger charge is 2.51. The molecule has 2 heterocycles. The summed E-state index contributed by atoms with van der Waals surface area (Å²) in [5.74, 6) is 0.531. The number of nitrogens with zero attached hydrogens (tertiary/aromatic N) is 4. The van der Waals surface area contributed by atoms with Crippen molar-refractivity contribution in [2.24, 2.45) is 7.05 Å². The molecule has 0 aliphatic carbocycles. The van der Waals surface area contributed by atoms with Gasteiger partial charge in [0, 0.05) is 44.1 Å². The van der Waals surface area contributed by atoms with Gasteiger partial charge in [-0.05, 0) is 30.0 Å². The maximum absolute atomic E-state index is 13.6. The van der Waals surface area contributed by atoms with E-state index in [0.29, 0.717) is 40.7 Å². The number of aromatic nitrogens is 2. The van der Waals surface area contributed by atoms with Gasteiger partial charge in [0.25, 0.3) is 0 Å². The Morgan fingerprint density at radius 3 is 2.51 bits per heavy atom. The Morgan fingerprint density at radius 2 is 1.89 bits per heavy atom. The molecule has 7 nitrogen and oxygen atoms in total. The molecule has 1 aliphatic heterocycles. The first-order valence-electron chi connectivity index (χ1n) is 11.1. The second-order valence-electron chi connectivity index (χ2n) is 8.57. The van der Waals surface area contributed by atoms with E-state index in [0.717, 1.165) is 11.3 Å². The van der Waals surface area contributed by atoms with Crippen molar-refractivity contribution in [1.29, 1.82) is 0 Å². The van der Waals surface area contributed by atoms with E-state index < -0.39 is 21.6 Å². The molecule has 0 spiro atoms. The van der Waals surface area contributed by atoms with Crippen molar-refractivity contribution >= 4 is 15.7 Å². The second-order valence-corrected chi connectivity index (χ2v) is 10.5. The predicted octanol–water partition coefficient (Wildman–Crippen LogP) is 4.10. The van der Waals surface area contributed by atoms with Gasteiger partial charge in [0.1, 0.15) is 5.75 Å². The van der Waals surface area contributed by atoms with Crippen LogP contribution < -0.4 is 9.64 Å². The number of aryl methyl sites for hydroxylation is 2. The van der Waals surface area contributed by atoms with Crippen LogP contribution in [-0.2, 0) is 36.6 Å². The molecule has 0 bridgehead atoms. The molecule has 3 aromatic rings. The molecule has 0 radical (unpaired) electrons. The zero-order valence-electron chi connectivity index (χ0n) is 19.4. The van der Waals surface area contributed by atoms with Gasteiger partial charge >= 0.3 is 15.5 Å². The third-order valence-corrected chi connectivity index (χ3v) is 7.68. The number of hydrogen-bond donors (Lipinski definition) is 0. The third-order valence-electron chi connectivity index (χ3n) is 6.14. The van der Waals surface area contributed by atoms with Gasteiger partial charge in [-0.15, -0.1) is 0 Å². The van der Waals surface area contributed by atoms with Gasteiger partial charge in [-0.2, -0.15) is 17.5 Å². The molecular formula is C24H27F3N4O3S. The zero-order chi connectivity index (χ0) is 25.2. The van der Waals surface area contributed by atoms with E-state index in [1.54, 1.807) is 29.1 Å². The average Bonchev–Trinajstić information content (AvgIpc) is 3.17. The molecule has 11 heteroatoms. The molecule has 0 N–H and O–H groups in total. The fraction of sp³-hybridized carbons (Fsp3) is 0.375. The highest BCUT2D eigenvalue weighted by atomic mass is 32.2. The normalized spacial score (nSPS) is 17.2. The molecule has 2 aromatic carbocycles. The van der Waals surface area contributed by atoms with E-state index in [9.17, 15) is 21.6 Å².